The molecular formula is C24H28N4OSSi. The van der Waals surface area contributed by atoms with Crippen molar-refractivity contribution in [1.29, 1.82) is 0 Å². The van der Waals surface area contributed by atoms with Crippen molar-refractivity contribution >= 4 is 40.8 Å². The molecule has 160 valence electrons. The average Bonchev–Trinajstić information content (AvgIpc) is 3.14. The summed E-state index contributed by atoms with van der Waals surface area (Å²) < 4.78 is 7.49. The van der Waals surface area contributed by atoms with E-state index in [1.165, 1.54) is 0 Å². The predicted molar refractivity (Wildman–Crippen MR) is 132 cm³/mol. The second-order valence-corrected chi connectivity index (χ2v) is 15.0. The zero-order valence-corrected chi connectivity index (χ0v) is 20.5. The van der Waals surface area contributed by atoms with Gasteiger partial charge in [0.25, 0.3) is 0 Å². The van der Waals surface area contributed by atoms with Crippen molar-refractivity contribution in [1.82, 2.24) is 15.0 Å². The highest BCUT2D eigenvalue weighted by atomic mass is 32.1. The first kappa shape index (κ1) is 21.6. The largest absolute Gasteiger partial charge is 0.413 e. The molecule has 0 fully saturated rings. The van der Waals surface area contributed by atoms with Crippen molar-refractivity contribution in [2.24, 2.45) is 0 Å². The zero-order valence-electron chi connectivity index (χ0n) is 18.6. The van der Waals surface area contributed by atoms with Crippen LogP contribution in [0.4, 0.5) is 10.9 Å². The van der Waals surface area contributed by atoms with Gasteiger partial charge >= 0.3 is 0 Å². The molecule has 1 N–H and O–H groups in total. The molecule has 0 spiro atoms. The Bertz CT molecular complexity index is 1190. The first-order valence-electron chi connectivity index (χ1n) is 10.4. The van der Waals surface area contributed by atoms with Gasteiger partial charge < -0.3 is 9.74 Å². The summed E-state index contributed by atoms with van der Waals surface area (Å²) in [6, 6.07) is 14.4. The first-order chi connectivity index (χ1) is 14.7. The maximum Gasteiger partial charge on any atom is 0.192 e. The molecule has 0 bridgehead atoms. The summed E-state index contributed by atoms with van der Waals surface area (Å²) in [4.78, 5) is 13.3. The van der Waals surface area contributed by atoms with Gasteiger partial charge in [-0.1, -0.05) is 38.2 Å². The van der Waals surface area contributed by atoms with Crippen LogP contribution in [0.2, 0.25) is 18.1 Å². The molecule has 4 rings (SSSR count). The van der Waals surface area contributed by atoms with Crippen molar-refractivity contribution < 1.29 is 4.43 Å². The summed E-state index contributed by atoms with van der Waals surface area (Å²) in [6.07, 6.45) is 5.45. The van der Waals surface area contributed by atoms with Crippen LogP contribution in [0.3, 0.4) is 0 Å². The highest BCUT2D eigenvalue weighted by molar-refractivity contribution is 7.22. The number of rotatable bonds is 6. The van der Waals surface area contributed by atoms with Crippen molar-refractivity contribution in [2.75, 3.05) is 5.32 Å². The van der Waals surface area contributed by atoms with Crippen LogP contribution in [0.15, 0.2) is 61.1 Å². The van der Waals surface area contributed by atoms with Crippen LogP contribution in [0, 0.1) is 0 Å². The van der Waals surface area contributed by atoms with Gasteiger partial charge in [-0.05, 0) is 71.2 Å². The second-order valence-electron chi connectivity index (χ2n) is 9.16. The minimum Gasteiger partial charge on any atom is -0.413 e. The summed E-state index contributed by atoms with van der Waals surface area (Å²) in [6.45, 7) is 11.9. The molecule has 0 aliphatic rings. The molecule has 0 saturated carbocycles. The van der Waals surface area contributed by atoms with Crippen molar-refractivity contribution in [3.8, 4) is 11.1 Å². The van der Waals surface area contributed by atoms with Crippen LogP contribution in [-0.4, -0.2) is 23.3 Å². The maximum atomic E-state index is 6.35. The summed E-state index contributed by atoms with van der Waals surface area (Å²) in [5.41, 5.74) is 4.40. The van der Waals surface area contributed by atoms with Crippen LogP contribution in [0.1, 0.15) is 26.3 Å². The number of thiazole rings is 1. The van der Waals surface area contributed by atoms with Gasteiger partial charge in [0.15, 0.2) is 13.4 Å². The minimum atomic E-state index is -1.79. The molecule has 0 atom stereocenters. The quantitative estimate of drug-likeness (QED) is 0.321. The highest BCUT2D eigenvalue weighted by Gasteiger charge is 2.37. The Labute approximate surface area is 188 Å². The molecule has 0 amide bonds. The fraction of sp³-hybridized carbons (Fsp3) is 0.292. The van der Waals surface area contributed by atoms with E-state index in [9.17, 15) is 0 Å². The van der Waals surface area contributed by atoms with E-state index in [-0.39, 0.29) is 5.04 Å². The molecule has 0 saturated heterocycles. The van der Waals surface area contributed by atoms with Crippen LogP contribution in [0.5, 0.6) is 0 Å². The molecule has 4 aromatic rings. The fourth-order valence-electron chi connectivity index (χ4n) is 2.92. The normalized spacial score (nSPS) is 12.3. The Balaban J connectivity index is 1.50. The lowest BCUT2D eigenvalue weighted by Crippen LogP contribution is -2.40. The maximum absolute atomic E-state index is 6.35. The number of hydrogen-bond acceptors (Lipinski definition) is 6. The molecule has 0 unspecified atom stereocenters. The lowest BCUT2D eigenvalue weighted by molar-refractivity contribution is 0.276. The SMILES string of the molecule is CC(C)(C)[Si](C)(C)OCc1ccnc(Nc2nc3ccc(-c4ccncc4)cc3s2)c1. The lowest BCUT2D eigenvalue weighted by atomic mass is 10.1. The number of benzene rings is 1. The molecule has 31 heavy (non-hydrogen) atoms. The summed E-state index contributed by atoms with van der Waals surface area (Å²) in [5.74, 6) is 0.782. The molecular weight excluding hydrogens is 420 g/mol. The third-order valence-electron chi connectivity index (χ3n) is 5.87. The van der Waals surface area contributed by atoms with Gasteiger partial charge in [0.05, 0.1) is 16.8 Å². The Morgan fingerprint density at radius 1 is 0.968 bits per heavy atom. The molecule has 3 heterocycles. The molecule has 0 aliphatic carbocycles. The Kier molecular flexibility index (Phi) is 5.92. The van der Waals surface area contributed by atoms with Crippen LogP contribution in [0.25, 0.3) is 21.3 Å². The number of anilines is 2. The van der Waals surface area contributed by atoms with Crippen molar-refractivity contribution in [3.05, 3.63) is 66.6 Å². The van der Waals surface area contributed by atoms with Crippen LogP contribution >= 0.6 is 11.3 Å². The topological polar surface area (TPSA) is 59.9 Å². The lowest BCUT2D eigenvalue weighted by Gasteiger charge is -2.36. The molecule has 1 aromatic carbocycles. The average molecular weight is 449 g/mol. The van der Waals surface area contributed by atoms with Gasteiger partial charge in [0.1, 0.15) is 5.82 Å². The summed E-state index contributed by atoms with van der Waals surface area (Å²) >= 11 is 1.63. The second kappa shape index (κ2) is 8.49. The van der Waals surface area contributed by atoms with E-state index < -0.39 is 8.32 Å². The van der Waals surface area contributed by atoms with E-state index >= 15 is 0 Å². The summed E-state index contributed by atoms with van der Waals surface area (Å²) in [7, 11) is -1.79. The Morgan fingerprint density at radius 2 is 1.74 bits per heavy atom. The number of aromatic nitrogens is 3. The number of hydrogen-bond donors (Lipinski definition) is 1. The molecule has 0 radical (unpaired) electrons. The predicted octanol–water partition coefficient (Wildman–Crippen LogP) is 7.02. The van der Waals surface area contributed by atoms with E-state index in [0.717, 1.165) is 37.9 Å². The van der Waals surface area contributed by atoms with Crippen molar-refractivity contribution in [2.45, 2.75) is 45.5 Å². The highest BCUT2D eigenvalue weighted by Crippen LogP contribution is 2.37. The monoisotopic (exact) mass is 448 g/mol. The van der Waals surface area contributed by atoms with Crippen LogP contribution < -0.4 is 5.32 Å². The number of nitrogens with zero attached hydrogens (tertiary/aromatic N) is 3. The molecule has 7 heteroatoms. The van der Waals surface area contributed by atoms with E-state index in [1.54, 1.807) is 11.3 Å². The fourth-order valence-corrected chi connectivity index (χ4v) is 4.80. The van der Waals surface area contributed by atoms with Gasteiger partial charge in [-0.2, -0.15) is 0 Å². The first-order valence-corrected chi connectivity index (χ1v) is 14.1. The zero-order chi connectivity index (χ0) is 22.1. The standard InChI is InChI=1S/C24H28N4OSSi/c1-24(2,3)31(4,5)29-16-17-8-13-26-22(14-17)28-23-27-20-7-6-19(15-21(20)30-23)18-9-11-25-12-10-18/h6-15H,16H2,1-5H3,(H,26,27,28). The third-order valence-corrected chi connectivity index (χ3v) is 11.3. The van der Waals surface area contributed by atoms with Gasteiger partial charge in [-0.15, -0.1) is 0 Å². The van der Waals surface area contributed by atoms with Gasteiger partial charge in [0, 0.05) is 18.6 Å². The van der Waals surface area contributed by atoms with E-state index in [0.29, 0.717) is 6.61 Å². The van der Waals surface area contributed by atoms with Gasteiger partial charge in [0.2, 0.25) is 0 Å². The van der Waals surface area contributed by atoms with Gasteiger partial charge in [-0.3, -0.25) is 4.98 Å². The third kappa shape index (κ3) is 5.00. The molecule has 3 aromatic heterocycles. The smallest absolute Gasteiger partial charge is 0.192 e. The van der Waals surface area contributed by atoms with E-state index in [4.69, 9.17) is 9.41 Å². The molecule has 0 aliphatic heterocycles. The van der Waals surface area contributed by atoms with Crippen LogP contribution in [-0.2, 0) is 11.0 Å². The Hall–Kier alpha value is -2.61. The summed E-state index contributed by atoms with van der Waals surface area (Å²) in [5, 5.41) is 4.38. The number of nitrogens with one attached hydrogen (secondary N) is 1. The van der Waals surface area contributed by atoms with E-state index in [2.05, 4.69) is 67.3 Å². The number of pyridine rings is 2. The molecule has 5 nitrogen and oxygen atoms in total. The van der Waals surface area contributed by atoms with Crippen molar-refractivity contribution in [3.63, 3.8) is 0 Å². The minimum absolute atomic E-state index is 0.192. The van der Waals surface area contributed by atoms with E-state index in [1.807, 2.05) is 42.9 Å². The Morgan fingerprint density at radius 3 is 2.48 bits per heavy atom. The van der Waals surface area contributed by atoms with Gasteiger partial charge in [-0.25, -0.2) is 9.97 Å². The number of fused-ring (bicyclic) bond motifs is 1.